The molecule has 0 aromatic heterocycles. The summed E-state index contributed by atoms with van der Waals surface area (Å²) in [6.07, 6.45) is 3.27. The third-order valence-corrected chi connectivity index (χ3v) is 3.00. The van der Waals surface area contributed by atoms with E-state index in [-0.39, 0.29) is 17.2 Å². The lowest BCUT2D eigenvalue weighted by Gasteiger charge is -2.35. The van der Waals surface area contributed by atoms with Crippen molar-refractivity contribution >= 4 is 5.91 Å². The van der Waals surface area contributed by atoms with Crippen LogP contribution in [0.5, 0.6) is 0 Å². The molecule has 0 saturated carbocycles. The fraction of sp³-hybridized carbons (Fsp3) is 0.727. The maximum absolute atomic E-state index is 11.9. The van der Waals surface area contributed by atoms with Crippen molar-refractivity contribution in [3.63, 3.8) is 0 Å². The van der Waals surface area contributed by atoms with E-state index in [0.29, 0.717) is 13.2 Å². The van der Waals surface area contributed by atoms with Crippen LogP contribution in [0.15, 0.2) is 12.0 Å². The second-order valence-electron chi connectivity index (χ2n) is 4.47. The van der Waals surface area contributed by atoms with E-state index in [1.807, 2.05) is 0 Å². The fourth-order valence-corrected chi connectivity index (χ4v) is 1.93. The first-order valence-corrected chi connectivity index (χ1v) is 5.67. The van der Waals surface area contributed by atoms with Gasteiger partial charge in [-0.2, -0.15) is 0 Å². The highest BCUT2D eigenvalue weighted by atomic mass is 16.6. The molecule has 0 bridgehead atoms. The van der Waals surface area contributed by atoms with Crippen molar-refractivity contribution in [2.75, 3.05) is 26.3 Å². The molecule has 0 unspecified atom stereocenters. The van der Waals surface area contributed by atoms with Gasteiger partial charge < -0.3 is 20.1 Å². The lowest BCUT2D eigenvalue weighted by Crippen LogP contribution is -2.53. The molecule has 1 fully saturated rings. The predicted molar refractivity (Wildman–Crippen MR) is 58.6 cm³/mol. The summed E-state index contributed by atoms with van der Waals surface area (Å²) in [7, 11) is 0. The lowest BCUT2D eigenvalue weighted by atomic mass is 9.90. The molecular weight excluding hydrogens is 208 g/mol. The third-order valence-electron chi connectivity index (χ3n) is 3.00. The van der Waals surface area contributed by atoms with Crippen molar-refractivity contribution in [2.45, 2.75) is 25.3 Å². The van der Waals surface area contributed by atoms with Gasteiger partial charge in [0.1, 0.15) is 19.5 Å². The van der Waals surface area contributed by atoms with E-state index < -0.39 is 0 Å². The van der Waals surface area contributed by atoms with Crippen molar-refractivity contribution in [3.05, 3.63) is 12.0 Å². The Bertz CT molecular complexity index is 296. The van der Waals surface area contributed by atoms with Crippen LogP contribution in [0.2, 0.25) is 0 Å². The van der Waals surface area contributed by atoms with Crippen LogP contribution >= 0.6 is 0 Å². The number of nitrogens with one attached hydrogen (secondary N) is 2. The molecule has 0 spiro atoms. The van der Waals surface area contributed by atoms with Gasteiger partial charge in [-0.3, -0.25) is 4.79 Å². The van der Waals surface area contributed by atoms with E-state index in [1.165, 1.54) is 6.26 Å². The van der Waals surface area contributed by atoms with Crippen molar-refractivity contribution in [3.8, 4) is 0 Å². The summed E-state index contributed by atoms with van der Waals surface area (Å²) in [4.78, 5) is 11.9. The summed E-state index contributed by atoms with van der Waals surface area (Å²) >= 11 is 0. The Kier molecular flexibility index (Phi) is 3.33. The van der Waals surface area contributed by atoms with Crippen molar-refractivity contribution in [1.29, 1.82) is 0 Å². The second-order valence-corrected chi connectivity index (χ2v) is 4.47. The largest absolute Gasteiger partial charge is 0.494 e. The van der Waals surface area contributed by atoms with E-state index in [0.717, 1.165) is 25.9 Å². The van der Waals surface area contributed by atoms with Crippen LogP contribution in [0.4, 0.5) is 0 Å². The van der Waals surface area contributed by atoms with Crippen LogP contribution in [0.25, 0.3) is 0 Å². The molecule has 16 heavy (non-hydrogen) atoms. The van der Waals surface area contributed by atoms with Gasteiger partial charge in [0, 0.05) is 5.54 Å². The van der Waals surface area contributed by atoms with E-state index in [2.05, 4.69) is 17.6 Å². The van der Waals surface area contributed by atoms with Gasteiger partial charge in [0.25, 0.3) is 5.91 Å². The number of ether oxygens (including phenoxy) is 2. The maximum atomic E-state index is 11.9. The molecule has 2 heterocycles. The number of rotatable bonds is 2. The normalized spacial score (nSPS) is 23.7. The van der Waals surface area contributed by atoms with E-state index in [4.69, 9.17) is 9.47 Å². The lowest BCUT2D eigenvalue weighted by molar-refractivity contribution is -0.124. The zero-order chi connectivity index (χ0) is 11.4. The van der Waals surface area contributed by atoms with Crippen molar-refractivity contribution < 1.29 is 14.3 Å². The zero-order valence-corrected chi connectivity index (χ0v) is 9.54. The van der Waals surface area contributed by atoms with Crippen molar-refractivity contribution in [1.82, 2.24) is 10.6 Å². The number of carbonyl (C=O) groups excluding carboxylic acids is 1. The minimum Gasteiger partial charge on any atom is -0.494 e. The quantitative estimate of drug-likeness (QED) is 0.703. The third kappa shape index (κ3) is 2.66. The molecule has 0 radical (unpaired) electrons. The first kappa shape index (κ1) is 11.3. The summed E-state index contributed by atoms with van der Waals surface area (Å²) in [5, 5.41) is 6.28. The monoisotopic (exact) mass is 226 g/mol. The van der Waals surface area contributed by atoms with Gasteiger partial charge in [0.15, 0.2) is 0 Å². The number of hydrogen-bond donors (Lipinski definition) is 2. The standard InChI is InChI=1S/C11H18N2O3/c1-11(2-4-12-5-3-11)13-10(14)9-8-15-6-7-16-9/h8,12H,2-7H2,1H3,(H,13,14). The zero-order valence-electron chi connectivity index (χ0n) is 9.54. The molecule has 2 aliphatic heterocycles. The summed E-state index contributed by atoms with van der Waals surface area (Å²) in [6.45, 7) is 4.89. The van der Waals surface area contributed by atoms with Gasteiger partial charge in [0.2, 0.25) is 5.76 Å². The number of amides is 1. The Morgan fingerprint density at radius 3 is 2.81 bits per heavy atom. The highest BCUT2D eigenvalue weighted by Crippen LogP contribution is 2.18. The number of piperidine rings is 1. The molecular formula is C11H18N2O3. The van der Waals surface area contributed by atoms with Crippen LogP contribution < -0.4 is 10.6 Å². The first-order valence-electron chi connectivity index (χ1n) is 5.67. The van der Waals surface area contributed by atoms with Crippen LogP contribution in [0.1, 0.15) is 19.8 Å². The summed E-state index contributed by atoms with van der Waals surface area (Å²) in [6, 6.07) is 0. The molecule has 5 nitrogen and oxygen atoms in total. The van der Waals surface area contributed by atoms with Gasteiger partial charge in [-0.05, 0) is 32.9 Å². The average Bonchev–Trinajstić information content (AvgIpc) is 2.30. The molecule has 5 heteroatoms. The van der Waals surface area contributed by atoms with Crippen molar-refractivity contribution in [2.24, 2.45) is 0 Å². The molecule has 0 aromatic carbocycles. The van der Waals surface area contributed by atoms with E-state index in [9.17, 15) is 4.79 Å². The Balaban J connectivity index is 1.92. The highest BCUT2D eigenvalue weighted by Gasteiger charge is 2.30. The van der Waals surface area contributed by atoms with Crippen LogP contribution in [0, 0.1) is 0 Å². The van der Waals surface area contributed by atoms with Crippen LogP contribution in [-0.4, -0.2) is 37.7 Å². The van der Waals surface area contributed by atoms with E-state index >= 15 is 0 Å². The summed E-state index contributed by atoms with van der Waals surface area (Å²) in [5.74, 6) is 0.107. The predicted octanol–water partition coefficient (Wildman–Crippen LogP) is 0.133. The molecule has 0 aliphatic carbocycles. The van der Waals surface area contributed by atoms with Crippen LogP contribution in [0.3, 0.4) is 0 Å². The highest BCUT2D eigenvalue weighted by molar-refractivity contribution is 5.91. The Labute approximate surface area is 95.2 Å². The molecule has 0 aromatic rings. The Morgan fingerprint density at radius 1 is 1.44 bits per heavy atom. The van der Waals surface area contributed by atoms with E-state index in [1.54, 1.807) is 0 Å². The van der Waals surface area contributed by atoms with Gasteiger partial charge in [-0.1, -0.05) is 0 Å². The number of carbonyl (C=O) groups is 1. The minimum atomic E-state index is -0.177. The van der Waals surface area contributed by atoms with Gasteiger partial charge in [0.05, 0.1) is 0 Å². The smallest absolute Gasteiger partial charge is 0.290 e. The minimum absolute atomic E-state index is 0.135. The second kappa shape index (κ2) is 4.74. The summed E-state index contributed by atoms with van der Waals surface area (Å²) < 4.78 is 10.3. The van der Waals surface area contributed by atoms with Gasteiger partial charge in [-0.25, -0.2) is 0 Å². The van der Waals surface area contributed by atoms with Gasteiger partial charge in [-0.15, -0.1) is 0 Å². The topological polar surface area (TPSA) is 59.6 Å². The Morgan fingerprint density at radius 2 is 2.19 bits per heavy atom. The number of hydrogen-bond acceptors (Lipinski definition) is 4. The molecule has 0 atom stereocenters. The molecule has 1 amide bonds. The fourth-order valence-electron chi connectivity index (χ4n) is 1.93. The molecule has 2 aliphatic rings. The summed E-state index contributed by atoms with van der Waals surface area (Å²) in [5.41, 5.74) is -0.135. The van der Waals surface area contributed by atoms with Crippen LogP contribution in [-0.2, 0) is 14.3 Å². The molecule has 2 rings (SSSR count). The maximum Gasteiger partial charge on any atom is 0.290 e. The molecule has 90 valence electrons. The first-order chi connectivity index (χ1) is 7.70. The molecule has 1 saturated heterocycles. The average molecular weight is 226 g/mol. The Hall–Kier alpha value is -1.23. The SMILES string of the molecule is CC1(NC(=O)C2=COCCO2)CCNCC1. The van der Waals surface area contributed by atoms with Gasteiger partial charge >= 0.3 is 0 Å². The molecule has 2 N–H and O–H groups in total.